The topological polar surface area (TPSA) is 149 Å². The van der Waals surface area contributed by atoms with Gasteiger partial charge in [-0.05, 0) is 12.8 Å². The van der Waals surface area contributed by atoms with Gasteiger partial charge in [0.05, 0.1) is 26.4 Å². The molecule has 0 aromatic carbocycles. The van der Waals surface area contributed by atoms with E-state index in [1.54, 1.807) is 0 Å². The molecule has 0 saturated heterocycles. The van der Waals surface area contributed by atoms with Crippen LogP contribution in [0.4, 0.5) is 0 Å². The fourth-order valence-corrected chi connectivity index (χ4v) is 6.66. The van der Waals surface area contributed by atoms with Crippen LogP contribution in [0, 0.1) is 0 Å². The molecule has 3 atom stereocenters. The molecule has 10 nitrogen and oxygen atoms in total. The van der Waals surface area contributed by atoms with Gasteiger partial charge in [0.25, 0.3) is 0 Å². The summed E-state index contributed by atoms with van der Waals surface area (Å²) in [6.45, 7) is 2.22. The molecule has 0 bridgehead atoms. The molecular weight excluding hydrogens is 659 g/mol. The van der Waals surface area contributed by atoms with Crippen molar-refractivity contribution in [2.45, 2.75) is 212 Å². The van der Waals surface area contributed by atoms with E-state index >= 15 is 0 Å². The van der Waals surface area contributed by atoms with E-state index < -0.39 is 58.4 Å². The number of phosphoric acid groups is 1. The molecule has 0 fully saturated rings. The lowest BCUT2D eigenvalue weighted by molar-refractivity contribution is -0.153. The first-order valence-electron chi connectivity index (χ1n) is 20.5. The van der Waals surface area contributed by atoms with Gasteiger partial charge in [0.15, 0.2) is 0 Å². The third-order valence-electron chi connectivity index (χ3n) is 9.07. The third-order valence-corrected chi connectivity index (χ3v) is 10.0. The van der Waals surface area contributed by atoms with Crippen LogP contribution in [0.15, 0.2) is 0 Å². The van der Waals surface area contributed by atoms with Crippen LogP contribution in [0.1, 0.15) is 200 Å². The normalized spacial score (nSPS) is 13.9. The zero-order chi connectivity index (χ0) is 37.0. The number of hydrogen-bond donors (Lipinski definition) is 3. The lowest BCUT2D eigenvalue weighted by Gasteiger charge is -2.20. The van der Waals surface area contributed by atoms with E-state index in [1.165, 1.54) is 122 Å². The average Bonchev–Trinajstić information content (AvgIpc) is 3.10. The molecule has 50 heavy (non-hydrogen) atoms. The number of unbranched alkanes of at least 4 members (excludes halogenated alkanes) is 25. The zero-order valence-electron chi connectivity index (χ0n) is 32.1. The molecule has 3 unspecified atom stereocenters. The minimum atomic E-state index is -4.62. The van der Waals surface area contributed by atoms with Crippen LogP contribution in [-0.2, 0) is 32.7 Å². The van der Waals surface area contributed by atoms with Gasteiger partial charge in [0, 0.05) is 12.8 Å². The third kappa shape index (κ3) is 34.1. The molecule has 0 spiro atoms. The Morgan fingerprint density at radius 2 is 0.700 bits per heavy atom. The second-order valence-electron chi connectivity index (χ2n) is 14.0. The smallest absolute Gasteiger partial charge is 0.457 e. The van der Waals surface area contributed by atoms with Crippen molar-refractivity contribution in [1.29, 1.82) is 0 Å². The Hall–Kier alpha value is -1.03. The number of aliphatic hydroxyl groups excluding tert-OH is 2. The van der Waals surface area contributed by atoms with E-state index in [0.29, 0.717) is 12.8 Å². The number of phosphoric ester groups is 1. The maximum Gasteiger partial charge on any atom is 0.472 e. The summed E-state index contributed by atoms with van der Waals surface area (Å²) in [4.78, 5) is 34.4. The molecule has 298 valence electrons. The van der Waals surface area contributed by atoms with Crippen LogP contribution in [0.5, 0.6) is 0 Å². The van der Waals surface area contributed by atoms with Crippen LogP contribution in [0.2, 0.25) is 0 Å². The molecular formula is C39H77O10P. The van der Waals surface area contributed by atoms with Gasteiger partial charge in [-0.1, -0.05) is 174 Å². The van der Waals surface area contributed by atoms with Crippen molar-refractivity contribution in [3.63, 3.8) is 0 Å². The predicted molar refractivity (Wildman–Crippen MR) is 201 cm³/mol. The Balaban J connectivity index is 3.92. The highest BCUT2D eigenvalue weighted by molar-refractivity contribution is 7.47. The quantitative estimate of drug-likeness (QED) is 0.0316. The van der Waals surface area contributed by atoms with Crippen molar-refractivity contribution in [2.75, 3.05) is 26.4 Å². The second kappa shape index (κ2) is 36.3. The lowest BCUT2D eigenvalue weighted by atomic mass is 10.0. The molecule has 0 radical (unpaired) electrons. The van der Waals surface area contributed by atoms with Crippen molar-refractivity contribution in [2.24, 2.45) is 0 Å². The lowest BCUT2D eigenvalue weighted by Crippen LogP contribution is -2.28. The minimum absolute atomic E-state index is 0.199. The molecule has 0 aliphatic rings. The van der Waals surface area contributed by atoms with Gasteiger partial charge in [-0.15, -0.1) is 0 Å². The summed E-state index contributed by atoms with van der Waals surface area (Å²) < 4.78 is 32.5. The Morgan fingerprint density at radius 1 is 0.460 bits per heavy atom. The van der Waals surface area contributed by atoms with Gasteiger partial charge in [0.1, 0.15) is 12.2 Å². The summed E-state index contributed by atoms with van der Waals surface area (Å²) in [5.74, 6) is -1.01. The van der Waals surface area contributed by atoms with E-state index in [2.05, 4.69) is 13.8 Å². The number of carbonyl (C=O) groups excluding carboxylic acids is 2. The summed E-state index contributed by atoms with van der Waals surface area (Å²) in [5.41, 5.74) is 0. The maximum absolute atomic E-state index is 12.3. The summed E-state index contributed by atoms with van der Waals surface area (Å²) in [6.07, 6.45) is 30.7. The van der Waals surface area contributed by atoms with Crippen molar-refractivity contribution in [3.8, 4) is 0 Å². The highest BCUT2D eigenvalue weighted by Crippen LogP contribution is 2.43. The number of esters is 2. The fraction of sp³-hybridized carbons (Fsp3) is 0.949. The largest absolute Gasteiger partial charge is 0.472 e. The van der Waals surface area contributed by atoms with Gasteiger partial charge in [0.2, 0.25) is 0 Å². The van der Waals surface area contributed by atoms with E-state index in [1.807, 2.05) is 0 Å². The summed E-state index contributed by atoms with van der Waals surface area (Å²) in [5, 5.41) is 19.1. The Kier molecular flexibility index (Phi) is 35.6. The second-order valence-corrected chi connectivity index (χ2v) is 15.4. The van der Waals surface area contributed by atoms with Crippen LogP contribution in [-0.4, -0.2) is 65.7 Å². The zero-order valence-corrected chi connectivity index (χ0v) is 33.0. The highest BCUT2D eigenvalue weighted by Gasteiger charge is 2.27. The first-order valence-corrected chi connectivity index (χ1v) is 22.0. The molecule has 3 N–H and O–H groups in total. The number of aliphatic hydroxyl groups is 2. The van der Waals surface area contributed by atoms with Crippen molar-refractivity contribution < 1.29 is 47.8 Å². The van der Waals surface area contributed by atoms with E-state index in [9.17, 15) is 29.3 Å². The minimum Gasteiger partial charge on any atom is -0.457 e. The van der Waals surface area contributed by atoms with Gasteiger partial charge in [-0.25, -0.2) is 4.57 Å². The van der Waals surface area contributed by atoms with Gasteiger partial charge in [-0.2, -0.15) is 0 Å². The van der Waals surface area contributed by atoms with E-state index in [-0.39, 0.29) is 12.8 Å². The Labute approximate surface area is 305 Å². The predicted octanol–water partition coefficient (Wildman–Crippen LogP) is 10.3. The van der Waals surface area contributed by atoms with Crippen molar-refractivity contribution in [3.05, 3.63) is 0 Å². The van der Waals surface area contributed by atoms with E-state index in [4.69, 9.17) is 18.5 Å². The number of rotatable bonds is 39. The van der Waals surface area contributed by atoms with Crippen LogP contribution >= 0.6 is 7.82 Å². The Bertz CT molecular complexity index is 812. The van der Waals surface area contributed by atoms with Gasteiger partial charge < -0.3 is 24.6 Å². The molecule has 0 aliphatic heterocycles. The maximum atomic E-state index is 12.3. The molecule has 11 heteroatoms. The number of carbonyl (C=O) groups is 2. The first-order chi connectivity index (χ1) is 24.3. The molecule has 0 saturated carbocycles. The van der Waals surface area contributed by atoms with Crippen LogP contribution in [0.3, 0.4) is 0 Å². The van der Waals surface area contributed by atoms with Gasteiger partial charge >= 0.3 is 19.8 Å². The van der Waals surface area contributed by atoms with Gasteiger partial charge in [-0.3, -0.25) is 18.6 Å². The molecule has 0 amide bonds. The fourth-order valence-electron chi connectivity index (χ4n) is 5.88. The number of hydrogen-bond acceptors (Lipinski definition) is 9. The summed E-state index contributed by atoms with van der Waals surface area (Å²) >= 11 is 0. The molecule has 0 heterocycles. The van der Waals surface area contributed by atoms with E-state index in [0.717, 1.165) is 38.5 Å². The van der Waals surface area contributed by atoms with Crippen molar-refractivity contribution >= 4 is 19.8 Å². The van der Waals surface area contributed by atoms with Crippen LogP contribution in [0.25, 0.3) is 0 Å². The first kappa shape index (κ1) is 49.0. The monoisotopic (exact) mass is 737 g/mol. The summed E-state index contributed by atoms with van der Waals surface area (Å²) in [6, 6.07) is 0. The Morgan fingerprint density at radius 3 is 0.940 bits per heavy atom. The molecule has 0 aromatic heterocycles. The van der Waals surface area contributed by atoms with Crippen LogP contribution < -0.4 is 0 Å². The molecule has 0 aliphatic carbocycles. The highest BCUT2D eigenvalue weighted by atomic mass is 31.2. The standard InChI is InChI=1S/C39H77O10P/c1-3-5-7-9-11-13-15-17-19-21-23-25-27-29-31-39(43)49-37(33-41)35-47-50(44,45)46-34-36(32-40)48-38(42)30-28-26-24-22-20-18-16-14-12-10-8-6-4-2/h36-37,40-41H,3-35H2,1-2H3,(H,44,45). The molecule has 0 rings (SSSR count). The average molecular weight is 737 g/mol. The SMILES string of the molecule is CCCCCCCCCCCCCCCCC(=O)OC(CO)COP(=O)(O)OCC(CO)OC(=O)CCCCCCCCCCCCCCC. The summed E-state index contributed by atoms with van der Waals surface area (Å²) in [7, 11) is -4.62. The molecule has 0 aromatic rings. The number of ether oxygens (including phenoxy) is 2. The van der Waals surface area contributed by atoms with Crippen molar-refractivity contribution in [1.82, 2.24) is 0 Å².